The van der Waals surface area contributed by atoms with Gasteiger partial charge in [-0.15, -0.1) is 10.2 Å². The zero-order valence-electron chi connectivity index (χ0n) is 14.6. The number of likely N-dealkylation sites (N-methyl/N-ethyl adjacent to an activating group) is 1. The van der Waals surface area contributed by atoms with Crippen LogP contribution in [-0.2, 0) is 13.0 Å². The van der Waals surface area contributed by atoms with Crippen LogP contribution in [-0.4, -0.2) is 48.9 Å². The van der Waals surface area contributed by atoms with Crippen LogP contribution in [0.25, 0.3) is 0 Å². The molecular weight excluding hydrogens is 304 g/mol. The summed E-state index contributed by atoms with van der Waals surface area (Å²) in [5.74, 6) is 0.0516. The number of nitrogens with zero attached hydrogens (tertiary/aromatic N) is 6. The topological polar surface area (TPSA) is 68.8 Å². The van der Waals surface area contributed by atoms with Crippen molar-refractivity contribution in [2.24, 2.45) is 0 Å². The largest absolute Gasteiger partial charge is 0.340 e. The molecule has 0 aromatic carbocycles. The molecule has 7 nitrogen and oxygen atoms in total. The van der Waals surface area contributed by atoms with Gasteiger partial charge in [-0.1, -0.05) is 26.2 Å². The molecule has 1 aliphatic carbocycles. The fourth-order valence-electron chi connectivity index (χ4n) is 3.43. The van der Waals surface area contributed by atoms with Crippen molar-refractivity contribution in [3.8, 4) is 0 Å². The molecule has 1 saturated carbocycles. The second-order valence-electron chi connectivity index (χ2n) is 6.56. The van der Waals surface area contributed by atoms with Gasteiger partial charge in [0.2, 0.25) is 0 Å². The van der Waals surface area contributed by atoms with E-state index in [-0.39, 0.29) is 5.91 Å². The van der Waals surface area contributed by atoms with E-state index in [1.807, 2.05) is 11.6 Å². The third kappa shape index (κ3) is 3.49. The SMILES string of the molecule is CCCc1c(C(=O)N(C)CCn2cnnc2)cnn1C1CCCC1. The van der Waals surface area contributed by atoms with Crippen LogP contribution in [0.5, 0.6) is 0 Å². The highest BCUT2D eigenvalue weighted by atomic mass is 16.2. The molecule has 0 radical (unpaired) electrons. The van der Waals surface area contributed by atoms with Gasteiger partial charge in [0.15, 0.2) is 0 Å². The monoisotopic (exact) mass is 330 g/mol. The third-order valence-electron chi connectivity index (χ3n) is 4.79. The summed E-state index contributed by atoms with van der Waals surface area (Å²) in [4.78, 5) is 14.6. The van der Waals surface area contributed by atoms with E-state index < -0.39 is 0 Å². The molecule has 130 valence electrons. The fraction of sp³-hybridized carbons (Fsp3) is 0.647. The lowest BCUT2D eigenvalue weighted by Gasteiger charge is -2.19. The molecule has 0 spiro atoms. The molecule has 2 aromatic heterocycles. The quantitative estimate of drug-likeness (QED) is 0.781. The summed E-state index contributed by atoms with van der Waals surface area (Å²) in [6.45, 7) is 3.46. The Morgan fingerprint density at radius 2 is 2.00 bits per heavy atom. The van der Waals surface area contributed by atoms with Crippen LogP contribution >= 0.6 is 0 Å². The van der Waals surface area contributed by atoms with E-state index in [1.54, 1.807) is 23.8 Å². The van der Waals surface area contributed by atoms with Crippen molar-refractivity contribution in [1.82, 2.24) is 29.4 Å². The fourth-order valence-corrected chi connectivity index (χ4v) is 3.43. The number of carbonyl (C=O) groups excluding carboxylic acids is 1. The summed E-state index contributed by atoms with van der Waals surface area (Å²) < 4.78 is 4.00. The van der Waals surface area contributed by atoms with Gasteiger partial charge in [0.1, 0.15) is 12.7 Å². The average molecular weight is 330 g/mol. The summed E-state index contributed by atoms with van der Waals surface area (Å²) in [5.41, 5.74) is 1.86. The summed E-state index contributed by atoms with van der Waals surface area (Å²) in [7, 11) is 1.84. The minimum atomic E-state index is 0.0516. The average Bonchev–Trinajstić information content (AvgIpc) is 3.32. The number of rotatable bonds is 7. The van der Waals surface area contributed by atoms with Crippen LogP contribution in [0, 0.1) is 0 Å². The van der Waals surface area contributed by atoms with E-state index in [9.17, 15) is 4.79 Å². The van der Waals surface area contributed by atoms with Gasteiger partial charge in [-0.25, -0.2) is 0 Å². The van der Waals surface area contributed by atoms with Crippen LogP contribution in [0.4, 0.5) is 0 Å². The lowest BCUT2D eigenvalue weighted by molar-refractivity contribution is 0.0789. The molecule has 0 unspecified atom stereocenters. The molecule has 0 N–H and O–H groups in total. The van der Waals surface area contributed by atoms with Crippen molar-refractivity contribution in [3.05, 3.63) is 30.1 Å². The second kappa shape index (κ2) is 7.59. The zero-order valence-corrected chi connectivity index (χ0v) is 14.6. The lowest BCUT2D eigenvalue weighted by atomic mass is 10.1. The first-order valence-electron chi connectivity index (χ1n) is 8.85. The van der Waals surface area contributed by atoms with E-state index in [0.29, 0.717) is 19.1 Å². The van der Waals surface area contributed by atoms with Crippen molar-refractivity contribution < 1.29 is 4.79 Å². The summed E-state index contributed by atoms with van der Waals surface area (Å²) in [5, 5.41) is 12.1. The highest BCUT2D eigenvalue weighted by Crippen LogP contribution is 2.31. The Morgan fingerprint density at radius 3 is 2.67 bits per heavy atom. The Balaban J connectivity index is 1.73. The first-order valence-corrected chi connectivity index (χ1v) is 8.85. The second-order valence-corrected chi connectivity index (χ2v) is 6.56. The van der Waals surface area contributed by atoms with Gasteiger partial charge in [0.05, 0.1) is 23.5 Å². The van der Waals surface area contributed by atoms with Crippen molar-refractivity contribution in [3.63, 3.8) is 0 Å². The smallest absolute Gasteiger partial charge is 0.257 e. The van der Waals surface area contributed by atoms with E-state index in [1.165, 1.54) is 25.7 Å². The van der Waals surface area contributed by atoms with Crippen molar-refractivity contribution in [1.29, 1.82) is 0 Å². The summed E-state index contributed by atoms with van der Waals surface area (Å²) in [6, 6.07) is 0.468. The Kier molecular flexibility index (Phi) is 5.27. The molecule has 1 amide bonds. The molecule has 0 saturated heterocycles. The standard InChI is InChI=1S/C17H26N6O/c1-3-6-16-15(11-20-23(16)14-7-4-5-8-14)17(24)21(2)9-10-22-12-18-19-13-22/h11-14H,3-10H2,1-2H3. The van der Waals surface area contributed by atoms with E-state index >= 15 is 0 Å². The maximum atomic E-state index is 12.9. The minimum absolute atomic E-state index is 0.0516. The third-order valence-corrected chi connectivity index (χ3v) is 4.79. The Bertz CT molecular complexity index is 657. The van der Waals surface area contributed by atoms with Gasteiger partial charge in [-0.05, 0) is 19.3 Å². The minimum Gasteiger partial charge on any atom is -0.340 e. The van der Waals surface area contributed by atoms with Gasteiger partial charge in [-0.3, -0.25) is 9.48 Å². The van der Waals surface area contributed by atoms with E-state index in [4.69, 9.17) is 0 Å². The van der Waals surface area contributed by atoms with Gasteiger partial charge in [0, 0.05) is 20.1 Å². The van der Waals surface area contributed by atoms with Crippen LogP contribution in [0.1, 0.15) is 61.1 Å². The lowest BCUT2D eigenvalue weighted by Crippen LogP contribution is -2.30. The normalized spacial score (nSPS) is 15.1. The molecule has 0 bridgehead atoms. The first kappa shape index (κ1) is 16.7. The Hall–Kier alpha value is -2.18. The summed E-state index contributed by atoms with van der Waals surface area (Å²) >= 11 is 0. The highest BCUT2D eigenvalue weighted by Gasteiger charge is 2.25. The van der Waals surface area contributed by atoms with Crippen molar-refractivity contribution in [2.75, 3.05) is 13.6 Å². The number of hydrogen-bond acceptors (Lipinski definition) is 4. The molecule has 2 heterocycles. The van der Waals surface area contributed by atoms with Crippen LogP contribution in [0.2, 0.25) is 0 Å². The van der Waals surface area contributed by atoms with Gasteiger partial charge >= 0.3 is 0 Å². The molecule has 24 heavy (non-hydrogen) atoms. The molecular formula is C17H26N6O. The summed E-state index contributed by atoms with van der Waals surface area (Å²) in [6.07, 6.45) is 11.9. The Labute approximate surface area is 142 Å². The van der Waals surface area contributed by atoms with E-state index in [0.717, 1.165) is 24.1 Å². The predicted molar refractivity (Wildman–Crippen MR) is 90.7 cm³/mol. The molecule has 7 heteroatoms. The molecule has 1 fully saturated rings. The number of amides is 1. The zero-order chi connectivity index (χ0) is 16.9. The maximum Gasteiger partial charge on any atom is 0.257 e. The molecule has 1 aliphatic rings. The number of aromatic nitrogens is 5. The number of carbonyl (C=O) groups is 1. The highest BCUT2D eigenvalue weighted by molar-refractivity contribution is 5.95. The van der Waals surface area contributed by atoms with E-state index in [2.05, 4.69) is 26.9 Å². The maximum absolute atomic E-state index is 12.9. The molecule has 2 aromatic rings. The molecule has 0 aliphatic heterocycles. The van der Waals surface area contributed by atoms with Crippen molar-refractivity contribution >= 4 is 5.91 Å². The predicted octanol–water partition coefficient (Wildman–Crippen LogP) is 2.31. The number of hydrogen-bond donors (Lipinski definition) is 0. The molecule has 0 atom stereocenters. The van der Waals surface area contributed by atoms with Crippen LogP contribution in [0.3, 0.4) is 0 Å². The Morgan fingerprint density at radius 1 is 1.29 bits per heavy atom. The van der Waals surface area contributed by atoms with Gasteiger partial charge in [0.25, 0.3) is 5.91 Å². The van der Waals surface area contributed by atoms with Crippen molar-refractivity contribution in [2.45, 2.75) is 58.0 Å². The first-order chi connectivity index (χ1) is 11.7. The van der Waals surface area contributed by atoms with Gasteiger partial charge in [-0.2, -0.15) is 5.10 Å². The van der Waals surface area contributed by atoms with Gasteiger partial charge < -0.3 is 9.47 Å². The van der Waals surface area contributed by atoms with Crippen LogP contribution < -0.4 is 0 Å². The molecule has 3 rings (SSSR count). The van der Waals surface area contributed by atoms with Crippen LogP contribution in [0.15, 0.2) is 18.9 Å².